The summed E-state index contributed by atoms with van der Waals surface area (Å²) in [5.74, 6) is 0.877. The van der Waals surface area contributed by atoms with Crippen LogP contribution in [0.2, 0.25) is 0 Å². The van der Waals surface area contributed by atoms with Crippen LogP contribution in [0.1, 0.15) is 40.5 Å². The lowest BCUT2D eigenvalue weighted by molar-refractivity contribution is 0.0914. The Hall–Kier alpha value is -0.120. The number of rotatable bonds is 10. The Labute approximate surface area is 113 Å². The maximum atomic E-state index is 5.68. The van der Waals surface area contributed by atoms with Crippen molar-refractivity contribution in [3.8, 4) is 0 Å². The number of hydrogen-bond donors (Lipinski definition) is 1. The fourth-order valence-corrected chi connectivity index (χ4v) is 2.10. The summed E-state index contributed by atoms with van der Waals surface area (Å²) in [7, 11) is 2.19. The first kappa shape index (κ1) is 15.9. The van der Waals surface area contributed by atoms with Crippen molar-refractivity contribution in [1.29, 1.82) is 0 Å². The van der Waals surface area contributed by atoms with Crippen molar-refractivity contribution in [2.75, 3.05) is 39.9 Å². The smallest absolute Gasteiger partial charge is 0.0593 e. The van der Waals surface area contributed by atoms with Gasteiger partial charge in [-0.1, -0.05) is 27.7 Å². The number of nitrogens with one attached hydrogen (secondary N) is 1. The lowest BCUT2D eigenvalue weighted by Gasteiger charge is -2.31. The summed E-state index contributed by atoms with van der Waals surface area (Å²) in [6, 6.07) is 0.566. The van der Waals surface area contributed by atoms with Gasteiger partial charge < -0.3 is 15.0 Å². The lowest BCUT2D eigenvalue weighted by atomic mass is 9.92. The van der Waals surface area contributed by atoms with Crippen LogP contribution in [0.15, 0.2) is 0 Å². The molecule has 0 amide bonds. The molecule has 18 heavy (non-hydrogen) atoms. The minimum Gasteiger partial charge on any atom is -0.380 e. The summed E-state index contributed by atoms with van der Waals surface area (Å²) in [5.41, 5.74) is 0.315. The minimum absolute atomic E-state index is 0.315. The van der Waals surface area contributed by atoms with Crippen molar-refractivity contribution >= 4 is 0 Å². The molecule has 1 saturated carbocycles. The molecule has 0 atom stereocenters. The fourth-order valence-electron chi connectivity index (χ4n) is 2.10. The Balaban J connectivity index is 2.06. The summed E-state index contributed by atoms with van der Waals surface area (Å²) in [5, 5.41) is 3.52. The van der Waals surface area contributed by atoms with Gasteiger partial charge in [0.25, 0.3) is 0 Å². The van der Waals surface area contributed by atoms with Crippen LogP contribution >= 0.6 is 0 Å². The molecule has 0 radical (unpaired) electrons. The Morgan fingerprint density at radius 2 is 2.00 bits per heavy atom. The van der Waals surface area contributed by atoms with Crippen molar-refractivity contribution in [3.05, 3.63) is 0 Å². The van der Waals surface area contributed by atoms with E-state index in [9.17, 15) is 0 Å². The van der Waals surface area contributed by atoms with E-state index in [2.05, 4.69) is 45.0 Å². The fraction of sp³-hybridized carbons (Fsp3) is 1.00. The predicted molar refractivity (Wildman–Crippen MR) is 78.0 cm³/mol. The second-order valence-electron chi connectivity index (χ2n) is 6.96. The molecule has 3 heteroatoms. The lowest BCUT2D eigenvalue weighted by Crippen LogP contribution is -2.41. The highest BCUT2D eigenvalue weighted by atomic mass is 16.5. The highest BCUT2D eigenvalue weighted by molar-refractivity contribution is 4.76. The van der Waals surface area contributed by atoms with Gasteiger partial charge in [0.2, 0.25) is 0 Å². The van der Waals surface area contributed by atoms with Crippen LogP contribution in [0.4, 0.5) is 0 Å². The number of hydrogen-bond acceptors (Lipinski definition) is 3. The molecule has 0 aromatic rings. The summed E-state index contributed by atoms with van der Waals surface area (Å²) in [6.07, 6.45) is 2.76. The van der Waals surface area contributed by atoms with Crippen LogP contribution < -0.4 is 5.32 Å². The third-order valence-electron chi connectivity index (χ3n) is 3.35. The molecule has 108 valence electrons. The van der Waals surface area contributed by atoms with E-state index < -0.39 is 0 Å². The predicted octanol–water partition coefficient (Wildman–Crippen LogP) is 2.37. The molecule has 0 aliphatic heterocycles. The van der Waals surface area contributed by atoms with Gasteiger partial charge in [-0.15, -0.1) is 0 Å². The van der Waals surface area contributed by atoms with Crippen molar-refractivity contribution in [2.24, 2.45) is 11.3 Å². The topological polar surface area (TPSA) is 24.5 Å². The Kier molecular flexibility index (Phi) is 6.61. The third-order valence-corrected chi connectivity index (χ3v) is 3.35. The molecule has 0 heterocycles. The molecule has 0 unspecified atom stereocenters. The van der Waals surface area contributed by atoms with Crippen LogP contribution in [0.5, 0.6) is 0 Å². The van der Waals surface area contributed by atoms with Crippen LogP contribution in [0.3, 0.4) is 0 Å². The molecular formula is C15H32N2O. The molecule has 0 spiro atoms. The van der Waals surface area contributed by atoms with Crippen molar-refractivity contribution in [1.82, 2.24) is 10.2 Å². The second-order valence-corrected chi connectivity index (χ2v) is 6.96. The number of ether oxygens (including phenoxy) is 1. The maximum absolute atomic E-state index is 5.68. The first-order valence-corrected chi connectivity index (χ1v) is 7.39. The second kappa shape index (κ2) is 7.46. The molecule has 0 saturated heterocycles. The van der Waals surface area contributed by atoms with E-state index in [1.165, 1.54) is 12.8 Å². The molecular weight excluding hydrogens is 224 g/mol. The largest absolute Gasteiger partial charge is 0.380 e. The van der Waals surface area contributed by atoms with Gasteiger partial charge in [0.1, 0.15) is 0 Å². The molecule has 1 N–H and O–H groups in total. The van der Waals surface area contributed by atoms with Gasteiger partial charge in [0.05, 0.1) is 6.61 Å². The first-order valence-electron chi connectivity index (χ1n) is 7.39. The summed E-state index contributed by atoms with van der Waals surface area (Å²) < 4.78 is 5.68. The molecule has 3 nitrogen and oxygen atoms in total. The van der Waals surface area contributed by atoms with E-state index in [1.807, 2.05) is 0 Å². The molecule has 0 aromatic carbocycles. The van der Waals surface area contributed by atoms with Gasteiger partial charge in [0, 0.05) is 32.3 Å². The van der Waals surface area contributed by atoms with Gasteiger partial charge in [-0.05, 0) is 31.2 Å². The molecule has 1 rings (SSSR count). The zero-order valence-corrected chi connectivity index (χ0v) is 13.0. The van der Waals surface area contributed by atoms with Gasteiger partial charge >= 0.3 is 0 Å². The van der Waals surface area contributed by atoms with Gasteiger partial charge in [0.15, 0.2) is 0 Å². The Morgan fingerprint density at radius 3 is 2.56 bits per heavy atom. The third kappa shape index (κ3) is 8.06. The summed E-state index contributed by atoms with van der Waals surface area (Å²) in [4.78, 5) is 2.38. The zero-order valence-electron chi connectivity index (χ0n) is 13.0. The SMILES string of the molecule is CC(C)NCC(C)(C)CN(C)CCOCC1CC1. The van der Waals surface area contributed by atoms with E-state index in [1.54, 1.807) is 0 Å². The summed E-state index contributed by atoms with van der Waals surface area (Å²) >= 11 is 0. The Morgan fingerprint density at radius 1 is 1.33 bits per heavy atom. The van der Waals surface area contributed by atoms with Gasteiger partial charge in [-0.2, -0.15) is 0 Å². The molecule has 1 aliphatic rings. The monoisotopic (exact) mass is 256 g/mol. The zero-order chi connectivity index (χ0) is 13.6. The van der Waals surface area contributed by atoms with Gasteiger partial charge in [-0.3, -0.25) is 0 Å². The number of nitrogens with zero attached hydrogens (tertiary/aromatic N) is 1. The highest BCUT2D eigenvalue weighted by Crippen LogP contribution is 2.28. The van der Waals surface area contributed by atoms with Crippen LogP contribution in [0, 0.1) is 11.3 Å². The van der Waals surface area contributed by atoms with Gasteiger partial charge in [-0.25, -0.2) is 0 Å². The molecule has 0 bridgehead atoms. The van der Waals surface area contributed by atoms with Crippen molar-refractivity contribution in [3.63, 3.8) is 0 Å². The van der Waals surface area contributed by atoms with Crippen LogP contribution in [-0.4, -0.2) is 50.8 Å². The Bertz CT molecular complexity index is 225. The minimum atomic E-state index is 0.315. The molecule has 0 aromatic heterocycles. The average Bonchev–Trinajstić information content (AvgIpc) is 3.05. The molecule has 1 aliphatic carbocycles. The highest BCUT2D eigenvalue weighted by Gasteiger charge is 2.22. The maximum Gasteiger partial charge on any atom is 0.0593 e. The van der Waals surface area contributed by atoms with Crippen molar-refractivity contribution in [2.45, 2.75) is 46.6 Å². The molecule has 1 fully saturated rings. The van der Waals surface area contributed by atoms with E-state index in [-0.39, 0.29) is 0 Å². The van der Waals surface area contributed by atoms with Crippen LogP contribution in [0.25, 0.3) is 0 Å². The van der Waals surface area contributed by atoms with E-state index >= 15 is 0 Å². The summed E-state index contributed by atoms with van der Waals surface area (Å²) in [6.45, 7) is 14.1. The van der Waals surface area contributed by atoms with Crippen LogP contribution in [-0.2, 0) is 4.74 Å². The van der Waals surface area contributed by atoms with E-state index in [0.717, 1.165) is 38.8 Å². The van der Waals surface area contributed by atoms with E-state index in [0.29, 0.717) is 11.5 Å². The first-order chi connectivity index (χ1) is 8.39. The average molecular weight is 256 g/mol. The van der Waals surface area contributed by atoms with Crippen molar-refractivity contribution < 1.29 is 4.74 Å². The normalized spacial score (nSPS) is 16.8. The van der Waals surface area contributed by atoms with E-state index in [4.69, 9.17) is 4.74 Å². The number of likely N-dealkylation sites (N-methyl/N-ethyl adjacent to an activating group) is 1. The quantitative estimate of drug-likeness (QED) is 0.607. The standard InChI is InChI=1S/C15H32N2O/c1-13(2)16-11-15(3,4)12-17(5)8-9-18-10-14-6-7-14/h13-14,16H,6-12H2,1-5H3.